The van der Waals surface area contributed by atoms with Gasteiger partial charge in [-0.15, -0.1) is 0 Å². The van der Waals surface area contributed by atoms with Crippen LogP contribution < -0.4 is 11.1 Å². The molecule has 0 saturated carbocycles. The highest BCUT2D eigenvalue weighted by molar-refractivity contribution is 5.96. The molecule has 1 aromatic rings. The molecule has 0 saturated heterocycles. The Balaban J connectivity index is 3.56. The van der Waals surface area contributed by atoms with Gasteiger partial charge in [0.15, 0.2) is 0 Å². The van der Waals surface area contributed by atoms with E-state index in [0.717, 1.165) is 16.7 Å². The van der Waals surface area contributed by atoms with Gasteiger partial charge in [0, 0.05) is 29.3 Å². The van der Waals surface area contributed by atoms with Gasteiger partial charge in [-0.3, -0.25) is 4.79 Å². The van der Waals surface area contributed by atoms with Gasteiger partial charge in [-0.25, -0.2) is 0 Å². The first-order chi connectivity index (χ1) is 10.3. The van der Waals surface area contributed by atoms with Gasteiger partial charge in [-0.1, -0.05) is 41.5 Å². The monoisotopic (exact) mass is 320 g/mol. The molecule has 130 valence electrons. The molecule has 23 heavy (non-hydrogen) atoms. The SMILES string of the molecule is Cc1c(C(=O)NCC(C)N)cc(C(C)(C)C)c(O)c1C(C)(C)C. The number of carbonyl (C=O) groups excluding carboxylic acids is 1. The van der Waals surface area contributed by atoms with Gasteiger partial charge in [0.25, 0.3) is 5.91 Å². The third kappa shape index (κ3) is 4.47. The summed E-state index contributed by atoms with van der Waals surface area (Å²) in [6, 6.07) is 1.72. The molecular weight excluding hydrogens is 288 g/mol. The lowest BCUT2D eigenvalue weighted by molar-refractivity contribution is 0.0951. The van der Waals surface area contributed by atoms with Crippen LogP contribution in [-0.4, -0.2) is 23.6 Å². The molecule has 1 unspecified atom stereocenters. The quantitative estimate of drug-likeness (QED) is 0.799. The number of nitrogens with one attached hydrogen (secondary N) is 1. The summed E-state index contributed by atoms with van der Waals surface area (Å²) in [5, 5.41) is 13.7. The van der Waals surface area contributed by atoms with Crippen molar-refractivity contribution in [2.45, 2.75) is 72.3 Å². The second kappa shape index (κ2) is 6.52. The maximum Gasteiger partial charge on any atom is 0.251 e. The number of nitrogens with two attached hydrogens (primary N) is 1. The first kappa shape index (κ1) is 19.5. The van der Waals surface area contributed by atoms with E-state index in [-0.39, 0.29) is 22.8 Å². The number of phenols is 1. The standard InChI is InChI=1S/C19H32N2O2/c1-11(20)10-21-17(23)13-9-14(18(3,4)5)16(22)15(12(13)2)19(6,7)8/h9,11,22H,10,20H2,1-8H3,(H,21,23). The molecule has 0 heterocycles. The minimum absolute atomic E-state index is 0.0967. The Kier molecular flexibility index (Phi) is 5.53. The van der Waals surface area contributed by atoms with E-state index >= 15 is 0 Å². The van der Waals surface area contributed by atoms with Crippen molar-refractivity contribution < 1.29 is 9.90 Å². The summed E-state index contributed by atoms with van der Waals surface area (Å²) in [5.74, 6) is 0.155. The van der Waals surface area contributed by atoms with Crippen molar-refractivity contribution in [1.29, 1.82) is 0 Å². The number of amides is 1. The molecule has 1 amide bonds. The Morgan fingerprint density at radius 3 is 2.13 bits per heavy atom. The number of aromatic hydroxyl groups is 1. The molecule has 1 rings (SSSR count). The van der Waals surface area contributed by atoms with Gasteiger partial charge < -0.3 is 16.2 Å². The Hall–Kier alpha value is -1.55. The lowest BCUT2D eigenvalue weighted by atomic mass is 9.76. The Morgan fingerprint density at radius 1 is 1.22 bits per heavy atom. The highest BCUT2D eigenvalue weighted by Gasteiger charge is 2.30. The van der Waals surface area contributed by atoms with E-state index < -0.39 is 0 Å². The Morgan fingerprint density at radius 2 is 1.74 bits per heavy atom. The molecule has 0 aliphatic rings. The van der Waals surface area contributed by atoms with E-state index in [4.69, 9.17) is 5.73 Å². The van der Waals surface area contributed by atoms with Gasteiger partial charge in [-0.05, 0) is 36.3 Å². The molecule has 4 N–H and O–H groups in total. The molecule has 0 aliphatic carbocycles. The van der Waals surface area contributed by atoms with Crippen molar-refractivity contribution >= 4 is 5.91 Å². The number of carbonyl (C=O) groups is 1. The average molecular weight is 320 g/mol. The van der Waals surface area contributed by atoms with E-state index in [1.54, 1.807) is 0 Å². The van der Waals surface area contributed by atoms with Crippen molar-refractivity contribution in [3.8, 4) is 5.75 Å². The van der Waals surface area contributed by atoms with Crippen molar-refractivity contribution in [2.24, 2.45) is 5.73 Å². The van der Waals surface area contributed by atoms with Gasteiger partial charge in [-0.2, -0.15) is 0 Å². The van der Waals surface area contributed by atoms with Crippen LogP contribution in [0.15, 0.2) is 6.07 Å². The zero-order valence-corrected chi connectivity index (χ0v) is 15.8. The maximum atomic E-state index is 12.6. The fourth-order valence-electron chi connectivity index (χ4n) is 2.84. The van der Waals surface area contributed by atoms with Crippen LogP contribution in [0, 0.1) is 6.92 Å². The van der Waals surface area contributed by atoms with E-state index in [1.165, 1.54) is 0 Å². The lowest BCUT2D eigenvalue weighted by Gasteiger charge is -2.30. The smallest absolute Gasteiger partial charge is 0.251 e. The number of rotatable bonds is 3. The molecule has 0 bridgehead atoms. The molecule has 0 aliphatic heterocycles. The third-order valence-corrected chi connectivity index (χ3v) is 3.95. The van der Waals surface area contributed by atoms with E-state index in [1.807, 2.05) is 61.5 Å². The maximum absolute atomic E-state index is 12.6. The first-order valence-corrected chi connectivity index (χ1v) is 8.18. The van der Waals surface area contributed by atoms with Gasteiger partial charge in [0.2, 0.25) is 0 Å². The van der Waals surface area contributed by atoms with Crippen LogP contribution >= 0.6 is 0 Å². The zero-order valence-electron chi connectivity index (χ0n) is 15.8. The highest BCUT2D eigenvalue weighted by Crippen LogP contribution is 2.42. The highest BCUT2D eigenvalue weighted by atomic mass is 16.3. The fraction of sp³-hybridized carbons (Fsp3) is 0.632. The predicted molar refractivity (Wildman–Crippen MR) is 96.2 cm³/mol. The molecule has 1 atom stereocenters. The van der Waals surface area contributed by atoms with E-state index in [0.29, 0.717) is 17.9 Å². The molecule has 0 radical (unpaired) electrons. The summed E-state index contributed by atoms with van der Waals surface area (Å²) >= 11 is 0. The van der Waals surface area contributed by atoms with Crippen LogP contribution in [0.25, 0.3) is 0 Å². The molecule has 0 aromatic heterocycles. The van der Waals surface area contributed by atoms with Crippen molar-refractivity contribution in [2.75, 3.05) is 6.54 Å². The van der Waals surface area contributed by atoms with E-state index in [9.17, 15) is 9.90 Å². The van der Waals surface area contributed by atoms with Crippen molar-refractivity contribution in [3.05, 3.63) is 28.3 Å². The van der Waals surface area contributed by atoms with Gasteiger partial charge in [0.05, 0.1) is 0 Å². The first-order valence-electron chi connectivity index (χ1n) is 8.18. The van der Waals surface area contributed by atoms with E-state index in [2.05, 4.69) is 5.32 Å². The van der Waals surface area contributed by atoms with Crippen LogP contribution in [0.5, 0.6) is 5.75 Å². The summed E-state index contributed by atoms with van der Waals surface area (Å²) in [5.41, 5.74) is 8.26. The summed E-state index contributed by atoms with van der Waals surface area (Å²) < 4.78 is 0. The topological polar surface area (TPSA) is 75.4 Å². The molecule has 4 heteroatoms. The second-order valence-electron chi connectivity index (χ2n) is 8.51. The Labute approximate surface area is 140 Å². The molecular formula is C19H32N2O2. The normalized spacial score (nSPS) is 13.8. The Bertz CT molecular complexity index is 591. The largest absolute Gasteiger partial charge is 0.507 e. The van der Waals surface area contributed by atoms with Crippen LogP contribution in [0.2, 0.25) is 0 Å². The number of hydrogen-bond acceptors (Lipinski definition) is 3. The lowest BCUT2D eigenvalue weighted by Crippen LogP contribution is -2.36. The summed E-state index contributed by atoms with van der Waals surface area (Å²) in [4.78, 5) is 12.6. The predicted octanol–water partition coefficient (Wildman–Crippen LogP) is 3.37. The molecule has 0 fully saturated rings. The average Bonchev–Trinajstić information content (AvgIpc) is 2.32. The number of phenolic OH excluding ortho intramolecular Hbond substituents is 1. The molecule has 1 aromatic carbocycles. The molecule has 0 spiro atoms. The minimum Gasteiger partial charge on any atom is -0.507 e. The van der Waals surface area contributed by atoms with Crippen molar-refractivity contribution in [3.63, 3.8) is 0 Å². The molecule has 4 nitrogen and oxygen atoms in total. The van der Waals surface area contributed by atoms with Gasteiger partial charge >= 0.3 is 0 Å². The number of hydrogen-bond donors (Lipinski definition) is 3. The van der Waals surface area contributed by atoms with Crippen LogP contribution in [0.1, 0.15) is 75.5 Å². The van der Waals surface area contributed by atoms with Crippen LogP contribution in [0.4, 0.5) is 0 Å². The van der Waals surface area contributed by atoms with Crippen LogP contribution in [-0.2, 0) is 10.8 Å². The second-order valence-corrected chi connectivity index (χ2v) is 8.51. The van der Waals surface area contributed by atoms with Gasteiger partial charge in [0.1, 0.15) is 5.75 Å². The fourth-order valence-corrected chi connectivity index (χ4v) is 2.84. The zero-order chi connectivity index (χ0) is 18.2. The number of benzene rings is 1. The van der Waals surface area contributed by atoms with Crippen molar-refractivity contribution in [1.82, 2.24) is 5.32 Å². The summed E-state index contributed by atoms with van der Waals surface area (Å²) in [6.07, 6.45) is 0. The van der Waals surface area contributed by atoms with Crippen LogP contribution in [0.3, 0.4) is 0 Å². The summed E-state index contributed by atoms with van der Waals surface area (Å²) in [6.45, 7) is 16.4. The summed E-state index contributed by atoms with van der Waals surface area (Å²) in [7, 11) is 0. The minimum atomic E-state index is -0.258. The third-order valence-electron chi connectivity index (χ3n) is 3.95.